The molecule has 5 N–H and O–H groups in total. The summed E-state index contributed by atoms with van der Waals surface area (Å²) in [5.41, 5.74) is 6.71. The predicted octanol–water partition coefficient (Wildman–Crippen LogP) is 2.23. The van der Waals surface area contributed by atoms with E-state index in [1.54, 1.807) is 33.9 Å². The van der Waals surface area contributed by atoms with Crippen LogP contribution in [0.2, 0.25) is 0 Å². The first kappa shape index (κ1) is 38.2. The van der Waals surface area contributed by atoms with Crippen LogP contribution in [0.3, 0.4) is 0 Å². The van der Waals surface area contributed by atoms with Gasteiger partial charge >= 0.3 is 0 Å². The van der Waals surface area contributed by atoms with Crippen LogP contribution in [0.5, 0.6) is 0 Å². The van der Waals surface area contributed by atoms with Crippen molar-refractivity contribution in [2.24, 2.45) is 5.73 Å². The molecule has 0 radical (unpaired) electrons. The highest BCUT2D eigenvalue weighted by Crippen LogP contribution is 2.21. The molecule has 0 aromatic heterocycles. The van der Waals surface area contributed by atoms with Gasteiger partial charge in [0.05, 0.1) is 37.2 Å². The van der Waals surface area contributed by atoms with Gasteiger partial charge in [0.25, 0.3) is 5.97 Å². The number of piperidine rings is 1. The van der Waals surface area contributed by atoms with E-state index in [-0.39, 0.29) is 55.5 Å². The number of nitrogens with zero attached hydrogens (tertiary/aromatic N) is 3. The molecule has 3 unspecified atom stereocenters. The molecule has 2 fully saturated rings. The fraction of sp³-hybridized carbons (Fsp3) is 0.429. The van der Waals surface area contributed by atoms with E-state index >= 15 is 0 Å². The van der Waals surface area contributed by atoms with Crippen molar-refractivity contribution in [1.29, 1.82) is 5.41 Å². The largest absolute Gasteiger partial charge is 0.481 e. The Morgan fingerprint density at radius 3 is 2.42 bits per heavy atom. The van der Waals surface area contributed by atoms with Gasteiger partial charge in [-0.25, -0.2) is 8.42 Å². The summed E-state index contributed by atoms with van der Waals surface area (Å²) in [6.45, 7) is 3.46. The zero-order valence-corrected chi connectivity index (χ0v) is 29.2. The van der Waals surface area contributed by atoms with Crippen LogP contribution in [0.25, 0.3) is 10.8 Å². The smallest absolute Gasteiger partial charge is 0.300 e. The summed E-state index contributed by atoms with van der Waals surface area (Å²) in [6, 6.07) is 20.3. The molecule has 0 saturated carbocycles. The van der Waals surface area contributed by atoms with Crippen molar-refractivity contribution in [3.05, 3.63) is 78.4 Å². The normalized spacial score (nSPS) is 18.4. The van der Waals surface area contributed by atoms with Gasteiger partial charge in [-0.1, -0.05) is 60.7 Å². The molecule has 2 saturated heterocycles. The number of nitrogens with two attached hydrogens (primary N) is 1. The number of morpholine rings is 1. The zero-order valence-electron chi connectivity index (χ0n) is 28.4. The van der Waals surface area contributed by atoms with Gasteiger partial charge < -0.3 is 35.0 Å². The first-order chi connectivity index (χ1) is 23.8. The van der Waals surface area contributed by atoms with Gasteiger partial charge in [-0.3, -0.25) is 19.8 Å². The van der Waals surface area contributed by atoms with Gasteiger partial charge in [-0.05, 0) is 41.3 Å². The number of carboxylic acid groups (broad SMARTS) is 1. The second-order valence-electron chi connectivity index (χ2n) is 12.3. The second kappa shape index (κ2) is 17.9. The van der Waals surface area contributed by atoms with Gasteiger partial charge in [0.1, 0.15) is 6.04 Å². The second-order valence-corrected chi connectivity index (χ2v) is 14.0. The lowest BCUT2D eigenvalue weighted by Crippen LogP contribution is -2.56. The van der Waals surface area contributed by atoms with E-state index in [2.05, 4.69) is 4.72 Å². The summed E-state index contributed by atoms with van der Waals surface area (Å²) in [4.78, 5) is 41.4. The molecule has 3 atom stereocenters. The molecular formula is C35H46N6O8S. The van der Waals surface area contributed by atoms with Crippen LogP contribution >= 0.6 is 0 Å². The fourth-order valence-electron chi connectivity index (χ4n) is 5.90. The Labute approximate surface area is 292 Å². The maximum absolute atomic E-state index is 14.0. The number of rotatable bonds is 11. The third-order valence-electron chi connectivity index (χ3n) is 8.55. The van der Waals surface area contributed by atoms with Crippen LogP contribution in [0.4, 0.5) is 0 Å². The monoisotopic (exact) mass is 710 g/mol. The van der Waals surface area contributed by atoms with Crippen molar-refractivity contribution in [1.82, 2.24) is 19.4 Å². The van der Waals surface area contributed by atoms with Crippen LogP contribution in [0.1, 0.15) is 31.7 Å². The summed E-state index contributed by atoms with van der Waals surface area (Å²) < 4.78 is 41.6. The number of benzene rings is 3. The van der Waals surface area contributed by atoms with E-state index in [9.17, 15) is 18.0 Å². The summed E-state index contributed by atoms with van der Waals surface area (Å²) in [7, 11) is -2.54. The Morgan fingerprint density at radius 1 is 1.04 bits per heavy atom. The first-order valence-corrected chi connectivity index (χ1v) is 17.9. The van der Waals surface area contributed by atoms with Crippen LogP contribution in [0.15, 0.2) is 77.7 Å². The van der Waals surface area contributed by atoms with E-state index in [1.165, 1.54) is 6.07 Å². The molecule has 3 aromatic rings. The van der Waals surface area contributed by atoms with Crippen LogP contribution in [0, 0.1) is 5.41 Å². The molecule has 0 aliphatic carbocycles. The molecule has 2 aliphatic rings. The number of carbonyl (C=O) groups excluding carboxylic acids is 2. The number of aliphatic carboxylic acids is 1. The molecule has 3 aromatic carbocycles. The molecule has 2 aliphatic heterocycles. The highest BCUT2D eigenvalue weighted by atomic mass is 32.2. The van der Waals surface area contributed by atoms with Crippen LogP contribution in [-0.2, 0) is 40.5 Å². The van der Waals surface area contributed by atoms with Gasteiger partial charge in [0.2, 0.25) is 21.8 Å². The average Bonchev–Trinajstić information content (AvgIpc) is 3.10. The van der Waals surface area contributed by atoms with Crippen molar-refractivity contribution >= 4 is 44.5 Å². The number of hydrogen-bond acceptors (Lipinski definition) is 8. The molecule has 2 amide bonds. The topological polar surface area (TPSA) is 196 Å². The van der Waals surface area contributed by atoms with Crippen LogP contribution < -0.4 is 10.5 Å². The van der Waals surface area contributed by atoms with E-state index in [0.717, 1.165) is 29.7 Å². The molecule has 14 nitrogen and oxygen atoms in total. The van der Waals surface area contributed by atoms with Crippen molar-refractivity contribution in [3.8, 4) is 0 Å². The van der Waals surface area contributed by atoms with Gasteiger partial charge in [-0.2, -0.15) is 4.72 Å². The minimum absolute atomic E-state index is 0.00310. The van der Waals surface area contributed by atoms with Gasteiger partial charge in [0.15, 0.2) is 5.96 Å². The number of carbonyl (C=O) groups is 3. The maximum Gasteiger partial charge on any atom is 0.300 e. The molecule has 0 spiro atoms. The number of fused-ring (bicyclic) bond motifs is 1. The third-order valence-corrected chi connectivity index (χ3v) is 10.0. The number of guanidine groups is 1. The minimum atomic E-state index is -4.19. The van der Waals surface area contributed by atoms with Crippen molar-refractivity contribution in [2.45, 2.75) is 55.9 Å². The number of carboxylic acids is 1. The molecule has 5 rings (SSSR count). The van der Waals surface area contributed by atoms with Crippen molar-refractivity contribution in [2.75, 3.05) is 46.4 Å². The summed E-state index contributed by atoms with van der Waals surface area (Å²) in [6.07, 6.45) is 0.685. The molecular weight excluding hydrogens is 664 g/mol. The number of sulfonamides is 1. The Bertz CT molecular complexity index is 1740. The van der Waals surface area contributed by atoms with E-state index in [0.29, 0.717) is 26.1 Å². The lowest BCUT2D eigenvalue weighted by atomic mass is 10.0. The lowest BCUT2D eigenvalue weighted by molar-refractivity contribution is -0.146. The molecule has 15 heteroatoms. The molecule has 2 heterocycles. The first-order valence-electron chi connectivity index (χ1n) is 16.4. The summed E-state index contributed by atoms with van der Waals surface area (Å²) in [5, 5.41) is 16.8. The maximum atomic E-state index is 14.0. The molecule has 270 valence electrons. The van der Waals surface area contributed by atoms with Gasteiger partial charge in [-0.15, -0.1) is 0 Å². The Balaban J connectivity index is 0.00000133. The number of nitrogens with one attached hydrogen (secondary N) is 2. The van der Waals surface area contributed by atoms with E-state index in [4.69, 9.17) is 30.5 Å². The Kier molecular flexibility index (Phi) is 13.7. The summed E-state index contributed by atoms with van der Waals surface area (Å²) >= 11 is 0. The number of likely N-dealkylation sites (N-methyl/N-ethyl adjacent to an activating group) is 1. The molecule has 0 bridgehead atoms. The standard InChI is InChI=1S/C33H42N6O6S.C2H4O2/c1-37(27-12-7-15-39(20-27)33(34)35)31(40)19-30(36-46(42,43)29-14-13-25-10-5-6-11-26(25)18-29)32(41)38-16-17-45-28(21-38)23-44-22-24-8-3-2-4-9-24;1-2(3)4/h2-6,8-11,13-14,18,27-28,30,36H,7,12,15-17,19-23H2,1H3,(H3,34,35);1H3,(H,3,4). The van der Waals surface area contributed by atoms with Crippen LogP contribution in [-0.4, -0.2) is 117 Å². The number of ether oxygens (including phenoxy) is 2. The minimum Gasteiger partial charge on any atom is -0.481 e. The predicted molar refractivity (Wildman–Crippen MR) is 188 cm³/mol. The molecule has 50 heavy (non-hydrogen) atoms. The van der Waals surface area contributed by atoms with Gasteiger partial charge in [0, 0.05) is 46.2 Å². The lowest BCUT2D eigenvalue weighted by Gasteiger charge is -2.38. The number of hydrogen-bond donors (Lipinski definition) is 4. The average molecular weight is 711 g/mol. The highest BCUT2D eigenvalue weighted by Gasteiger charge is 2.36. The number of amides is 2. The van der Waals surface area contributed by atoms with Crippen molar-refractivity contribution < 1.29 is 37.4 Å². The van der Waals surface area contributed by atoms with Crippen molar-refractivity contribution in [3.63, 3.8) is 0 Å². The quantitative estimate of drug-likeness (QED) is 0.169. The Morgan fingerprint density at radius 2 is 1.72 bits per heavy atom. The van der Waals surface area contributed by atoms with E-state index in [1.807, 2.05) is 54.6 Å². The summed E-state index contributed by atoms with van der Waals surface area (Å²) in [5.74, 6) is -1.78. The Hall–Kier alpha value is -4.57. The highest BCUT2D eigenvalue weighted by molar-refractivity contribution is 7.89. The third kappa shape index (κ3) is 11.0. The fourth-order valence-corrected chi connectivity index (χ4v) is 7.13. The SMILES string of the molecule is CC(=O)O.CN(C(=O)CC(NS(=O)(=O)c1ccc2ccccc2c1)C(=O)N1CCOC(COCc2ccccc2)C1)C1CCCN(C(=N)N)C1. The number of likely N-dealkylation sites (tertiary alicyclic amines) is 1. The zero-order chi connectivity index (χ0) is 36.3. The van der Waals surface area contributed by atoms with E-state index < -0.39 is 34.0 Å².